The van der Waals surface area contributed by atoms with Crippen LogP contribution in [-0.2, 0) is 0 Å². The van der Waals surface area contributed by atoms with Crippen LogP contribution in [0.15, 0.2) is 27.4 Å². The summed E-state index contributed by atoms with van der Waals surface area (Å²) in [6.45, 7) is 1.84. The first kappa shape index (κ1) is 12.5. The Hall–Kier alpha value is -1.98. The van der Waals surface area contributed by atoms with Gasteiger partial charge in [-0.15, -0.1) is 10.2 Å². The van der Waals surface area contributed by atoms with Crippen LogP contribution >= 0.6 is 23.1 Å². The van der Waals surface area contributed by atoms with E-state index in [0.717, 1.165) is 5.01 Å². The molecule has 1 aromatic heterocycles. The van der Waals surface area contributed by atoms with Gasteiger partial charge >= 0.3 is 0 Å². The van der Waals surface area contributed by atoms with Crippen LogP contribution in [0.1, 0.15) is 10.6 Å². The summed E-state index contributed by atoms with van der Waals surface area (Å²) < 4.78 is 0.714. The van der Waals surface area contributed by atoms with Crippen molar-refractivity contribution in [3.05, 3.63) is 38.9 Å². The van der Waals surface area contributed by atoms with E-state index in [0.29, 0.717) is 9.24 Å². The quantitative estimate of drug-likeness (QED) is 0.633. The van der Waals surface area contributed by atoms with Crippen molar-refractivity contribution in [3.8, 4) is 6.07 Å². The molecule has 0 N–H and O–H groups in total. The van der Waals surface area contributed by atoms with Crippen molar-refractivity contribution in [3.63, 3.8) is 0 Å². The van der Waals surface area contributed by atoms with E-state index in [-0.39, 0.29) is 11.3 Å². The molecule has 6 nitrogen and oxygen atoms in total. The van der Waals surface area contributed by atoms with Gasteiger partial charge in [-0.25, -0.2) is 0 Å². The highest BCUT2D eigenvalue weighted by Gasteiger charge is 2.15. The van der Waals surface area contributed by atoms with Gasteiger partial charge in [0.15, 0.2) is 4.34 Å². The van der Waals surface area contributed by atoms with E-state index < -0.39 is 4.92 Å². The summed E-state index contributed by atoms with van der Waals surface area (Å²) in [4.78, 5) is 10.9. The molecule has 8 heteroatoms. The molecule has 0 saturated carbocycles. The van der Waals surface area contributed by atoms with E-state index in [4.69, 9.17) is 5.26 Å². The lowest BCUT2D eigenvalue weighted by Gasteiger charge is -1.98. The van der Waals surface area contributed by atoms with Gasteiger partial charge in [-0.1, -0.05) is 23.1 Å². The van der Waals surface area contributed by atoms with Crippen LogP contribution in [0.25, 0.3) is 0 Å². The minimum atomic E-state index is -0.562. The lowest BCUT2D eigenvalue weighted by molar-refractivity contribution is -0.385. The van der Waals surface area contributed by atoms with Gasteiger partial charge in [0.25, 0.3) is 5.69 Å². The van der Waals surface area contributed by atoms with Crippen molar-refractivity contribution in [1.82, 2.24) is 10.2 Å². The molecule has 0 fully saturated rings. The lowest BCUT2D eigenvalue weighted by atomic mass is 10.2. The topological polar surface area (TPSA) is 92.7 Å². The summed E-state index contributed by atoms with van der Waals surface area (Å²) in [6.07, 6.45) is 0. The van der Waals surface area contributed by atoms with Crippen LogP contribution in [-0.4, -0.2) is 15.1 Å². The molecule has 0 aliphatic heterocycles. The van der Waals surface area contributed by atoms with Gasteiger partial charge < -0.3 is 0 Å². The maximum Gasteiger partial charge on any atom is 0.288 e. The molecule has 18 heavy (non-hydrogen) atoms. The number of aryl methyl sites for hydroxylation is 1. The monoisotopic (exact) mass is 278 g/mol. The zero-order valence-corrected chi connectivity index (χ0v) is 10.8. The molecule has 0 atom stereocenters. The Morgan fingerprint density at radius 2 is 2.28 bits per heavy atom. The second-order valence-electron chi connectivity index (χ2n) is 3.24. The zero-order chi connectivity index (χ0) is 13.1. The van der Waals surface area contributed by atoms with Crippen LogP contribution < -0.4 is 0 Å². The number of aromatic nitrogens is 2. The number of nitro groups is 1. The van der Waals surface area contributed by atoms with Crippen LogP contribution in [0.3, 0.4) is 0 Å². The summed E-state index contributed by atoms with van der Waals surface area (Å²) in [5.74, 6) is 0. The lowest BCUT2D eigenvalue weighted by Crippen LogP contribution is -1.92. The summed E-state index contributed by atoms with van der Waals surface area (Å²) in [7, 11) is 0. The van der Waals surface area contributed by atoms with E-state index in [1.54, 1.807) is 12.1 Å². The van der Waals surface area contributed by atoms with Gasteiger partial charge in [0, 0.05) is 11.0 Å². The minimum Gasteiger partial charge on any atom is -0.258 e. The standard InChI is InChI=1S/C10H6N4O2S2/c1-6-12-13-10(17-6)18-8-3-2-7(5-11)9(4-8)14(15)16/h2-4H,1H3. The van der Waals surface area contributed by atoms with E-state index in [9.17, 15) is 10.1 Å². The third-order valence-electron chi connectivity index (χ3n) is 2.00. The van der Waals surface area contributed by atoms with E-state index in [1.165, 1.54) is 35.2 Å². The molecule has 0 saturated heterocycles. The number of nitriles is 1. The molecule has 0 spiro atoms. The predicted octanol–water partition coefficient (Wildman–Crippen LogP) is 2.78. The molecular formula is C10H6N4O2S2. The highest BCUT2D eigenvalue weighted by Crippen LogP contribution is 2.33. The van der Waals surface area contributed by atoms with Crippen LogP contribution in [0.2, 0.25) is 0 Å². The maximum absolute atomic E-state index is 10.8. The Kier molecular flexibility index (Phi) is 3.55. The molecule has 0 aliphatic carbocycles. The Morgan fingerprint density at radius 1 is 1.50 bits per heavy atom. The van der Waals surface area contributed by atoms with E-state index in [1.807, 2.05) is 6.92 Å². The number of nitrogens with zero attached hydrogens (tertiary/aromatic N) is 4. The van der Waals surface area contributed by atoms with Crippen LogP contribution in [0.4, 0.5) is 5.69 Å². The first-order chi connectivity index (χ1) is 8.60. The third kappa shape index (κ3) is 2.64. The number of nitro benzene ring substituents is 1. The van der Waals surface area contributed by atoms with E-state index >= 15 is 0 Å². The first-order valence-corrected chi connectivity index (χ1v) is 6.40. The van der Waals surface area contributed by atoms with Crippen LogP contribution in [0, 0.1) is 28.4 Å². The SMILES string of the molecule is Cc1nnc(Sc2ccc(C#N)c([N+](=O)[O-])c2)s1. The summed E-state index contributed by atoms with van der Waals surface area (Å²) in [5.41, 5.74) is -0.137. The van der Waals surface area contributed by atoms with Crippen molar-refractivity contribution in [2.75, 3.05) is 0 Å². The number of hydrogen-bond donors (Lipinski definition) is 0. The second-order valence-corrected chi connectivity index (χ2v) is 5.74. The number of rotatable bonds is 3. The summed E-state index contributed by atoms with van der Waals surface area (Å²) in [5, 5.41) is 28.2. The molecular weight excluding hydrogens is 272 g/mol. The fourth-order valence-electron chi connectivity index (χ4n) is 1.24. The second kappa shape index (κ2) is 5.12. The normalized spacial score (nSPS) is 10.0. The van der Waals surface area contributed by atoms with Crippen molar-refractivity contribution in [2.24, 2.45) is 0 Å². The molecule has 0 radical (unpaired) electrons. The van der Waals surface area contributed by atoms with Crippen molar-refractivity contribution >= 4 is 28.8 Å². The molecule has 0 unspecified atom stereocenters. The van der Waals surface area contributed by atoms with Crippen molar-refractivity contribution in [1.29, 1.82) is 5.26 Å². The highest BCUT2D eigenvalue weighted by molar-refractivity contribution is 8.01. The molecule has 0 bridgehead atoms. The molecule has 2 aromatic rings. The molecule has 90 valence electrons. The maximum atomic E-state index is 10.8. The van der Waals surface area contributed by atoms with Gasteiger partial charge in [0.2, 0.25) is 0 Å². The Morgan fingerprint density at radius 3 is 2.83 bits per heavy atom. The summed E-state index contributed by atoms with van der Waals surface area (Å²) in [6, 6.07) is 6.27. The zero-order valence-electron chi connectivity index (χ0n) is 9.15. The first-order valence-electron chi connectivity index (χ1n) is 4.76. The Bertz CT molecular complexity index is 648. The van der Waals surface area contributed by atoms with Crippen LogP contribution in [0.5, 0.6) is 0 Å². The molecule has 1 heterocycles. The Labute approximate surface area is 110 Å². The number of hydrogen-bond acceptors (Lipinski definition) is 7. The van der Waals surface area contributed by atoms with Gasteiger partial charge in [-0.2, -0.15) is 5.26 Å². The minimum absolute atomic E-state index is 0.0535. The largest absolute Gasteiger partial charge is 0.288 e. The molecule has 0 aliphatic rings. The average molecular weight is 278 g/mol. The highest BCUT2D eigenvalue weighted by atomic mass is 32.2. The fourth-order valence-corrected chi connectivity index (χ4v) is 3.06. The molecule has 0 amide bonds. The third-order valence-corrected chi connectivity index (χ3v) is 3.88. The predicted molar refractivity (Wildman–Crippen MR) is 66.6 cm³/mol. The average Bonchev–Trinajstić information content (AvgIpc) is 2.74. The molecule has 1 aromatic carbocycles. The van der Waals surface area contributed by atoms with Gasteiger partial charge in [0.1, 0.15) is 16.6 Å². The van der Waals surface area contributed by atoms with Crippen molar-refractivity contribution < 1.29 is 4.92 Å². The smallest absolute Gasteiger partial charge is 0.258 e. The van der Waals surface area contributed by atoms with E-state index in [2.05, 4.69) is 10.2 Å². The fraction of sp³-hybridized carbons (Fsp3) is 0.100. The van der Waals surface area contributed by atoms with Crippen molar-refractivity contribution in [2.45, 2.75) is 16.2 Å². The van der Waals surface area contributed by atoms with Gasteiger partial charge in [-0.05, 0) is 19.1 Å². The van der Waals surface area contributed by atoms with Gasteiger partial charge in [-0.3, -0.25) is 10.1 Å². The molecule has 2 rings (SSSR count). The number of benzene rings is 1. The summed E-state index contributed by atoms with van der Waals surface area (Å²) >= 11 is 2.70. The van der Waals surface area contributed by atoms with Gasteiger partial charge in [0.05, 0.1) is 4.92 Å². The Balaban J connectivity index is 2.33.